The van der Waals surface area contributed by atoms with Crippen molar-refractivity contribution in [1.82, 2.24) is 9.97 Å². The number of rotatable bonds is 7. The minimum absolute atomic E-state index is 0.120. The molecule has 128 valence electrons. The van der Waals surface area contributed by atoms with Gasteiger partial charge in [0, 0.05) is 11.6 Å². The Balaban J connectivity index is 1.77. The highest BCUT2D eigenvalue weighted by Gasteiger charge is 2.22. The summed E-state index contributed by atoms with van der Waals surface area (Å²) >= 11 is 5.85. The Morgan fingerprint density at radius 2 is 1.76 bits per heavy atom. The summed E-state index contributed by atoms with van der Waals surface area (Å²) < 4.78 is 5.20. The van der Waals surface area contributed by atoms with Gasteiger partial charge in [-0.2, -0.15) is 0 Å². The molecular weight excluding hydrogens is 346 g/mol. The number of nitro groups is 1. The Hall–Kier alpha value is -3.13. The van der Waals surface area contributed by atoms with Gasteiger partial charge in [0.1, 0.15) is 12.1 Å². The SMILES string of the molecule is O=[N+]([O-])c1c(NCc2ccc(Cl)cc2)ncnc1NCc1ccco1. The number of nitrogens with one attached hydrogen (secondary N) is 2. The molecule has 0 radical (unpaired) electrons. The van der Waals surface area contributed by atoms with Crippen molar-refractivity contribution < 1.29 is 9.34 Å². The molecule has 0 aliphatic heterocycles. The van der Waals surface area contributed by atoms with Gasteiger partial charge in [-0.3, -0.25) is 10.1 Å². The van der Waals surface area contributed by atoms with Crippen LogP contribution in [0.15, 0.2) is 53.4 Å². The molecule has 0 bridgehead atoms. The third-order valence-electron chi connectivity index (χ3n) is 3.39. The lowest BCUT2D eigenvalue weighted by Crippen LogP contribution is -2.09. The van der Waals surface area contributed by atoms with Crippen molar-refractivity contribution in [1.29, 1.82) is 0 Å². The summed E-state index contributed by atoms with van der Waals surface area (Å²) in [5.41, 5.74) is 0.699. The van der Waals surface area contributed by atoms with E-state index in [1.807, 2.05) is 12.1 Å². The van der Waals surface area contributed by atoms with Crippen LogP contribution in [0.25, 0.3) is 0 Å². The number of anilines is 2. The van der Waals surface area contributed by atoms with E-state index in [1.165, 1.54) is 12.6 Å². The number of hydrogen-bond donors (Lipinski definition) is 2. The predicted octanol–water partition coefficient (Wildman–Crippen LogP) is 3.86. The molecule has 0 saturated heterocycles. The van der Waals surface area contributed by atoms with Gasteiger partial charge in [0.25, 0.3) is 0 Å². The van der Waals surface area contributed by atoms with Crippen LogP contribution in [0, 0.1) is 10.1 Å². The molecule has 0 amide bonds. The molecule has 8 nitrogen and oxygen atoms in total. The monoisotopic (exact) mass is 359 g/mol. The summed E-state index contributed by atoms with van der Waals surface area (Å²) in [5.74, 6) is 0.899. The van der Waals surface area contributed by atoms with E-state index in [0.29, 0.717) is 17.3 Å². The van der Waals surface area contributed by atoms with Crippen LogP contribution in [-0.2, 0) is 13.1 Å². The van der Waals surface area contributed by atoms with Gasteiger partial charge < -0.3 is 15.1 Å². The van der Waals surface area contributed by atoms with Crippen LogP contribution in [-0.4, -0.2) is 14.9 Å². The number of aromatic nitrogens is 2. The van der Waals surface area contributed by atoms with Crippen LogP contribution in [0.1, 0.15) is 11.3 Å². The molecule has 0 unspecified atom stereocenters. The van der Waals surface area contributed by atoms with Crippen LogP contribution >= 0.6 is 11.6 Å². The molecule has 1 aromatic carbocycles. The van der Waals surface area contributed by atoms with Crippen molar-refractivity contribution in [3.8, 4) is 0 Å². The van der Waals surface area contributed by atoms with E-state index in [9.17, 15) is 10.1 Å². The van der Waals surface area contributed by atoms with Gasteiger partial charge in [-0.1, -0.05) is 23.7 Å². The lowest BCUT2D eigenvalue weighted by Gasteiger charge is -2.09. The van der Waals surface area contributed by atoms with Gasteiger partial charge in [-0.15, -0.1) is 0 Å². The van der Waals surface area contributed by atoms with E-state index in [-0.39, 0.29) is 23.9 Å². The number of benzene rings is 1. The highest BCUT2D eigenvalue weighted by molar-refractivity contribution is 6.30. The zero-order chi connectivity index (χ0) is 17.6. The van der Waals surface area contributed by atoms with Gasteiger partial charge in [0.2, 0.25) is 11.6 Å². The van der Waals surface area contributed by atoms with Crippen LogP contribution < -0.4 is 10.6 Å². The fourth-order valence-electron chi connectivity index (χ4n) is 2.18. The third kappa shape index (κ3) is 4.24. The first-order valence-corrected chi connectivity index (χ1v) is 7.75. The van der Waals surface area contributed by atoms with E-state index < -0.39 is 4.92 Å². The first-order valence-electron chi connectivity index (χ1n) is 7.37. The van der Waals surface area contributed by atoms with E-state index in [4.69, 9.17) is 16.0 Å². The summed E-state index contributed by atoms with van der Waals surface area (Å²) in [5, 5.41) is 18.0. The standard InChI is InChI=1S/C16H14ClN5O3/c17-12-5-3-11(4-6-12)8-18-15-14(22(23)24)16(21-10-20-15)19-9-13-2-1-7-25-13/h1-7,10H,8-9H2,(H2,18,19,20,21). The second-order valence-corrected chi connectivity index (χ2v) is 5.53. The fraction of sp³-hybridized carbons (Fsp3) is 0.125. The van der Waals surface area contributed by atoms with Gasteiger partial charge in [-0.05, 0) is 29.8 Å². The van der Waals surface area contributed by atoms with E-state index >= 15 is 0 Å². The lowest BCUT2D eigenvalue weighted by atomic mass is 10.2. The largest absolute Gasteiger partial charge is 0.467 e. The van der Waals surface area contributed by atoms with Crippen LogP contribution in [0.5, 0.6) is 0 Å². The zero-order valence-electron chi connectivity index (χ0n) is 13.0. The molecule has 0 aliphatic carbocycles. The maximum absolute atomic E-state index is 11.5. The lowest BCUT2D eigenvalue weighted by molar-refractivity contribution is -0.383. The van der Waals surface area contributed by atoms with Gasteiger partial charge >= 0.3 is 5.69 Å². The van der Waals surface area contributed by atoms with E-state index in [2.05, 4.69) is 20.6 Å². The van der Waals surface area contributed by atoms with Gasteiger partial charge in [0.05, 0.1) is 17.7 Å². The number of nitrogens with zero attached hydrogens (tertiary/aromatic N) is 3. The van der Waals surface area contributed by atoms with Crippen LogP contribution in [0.3, 0.4) is 0 Å². The minimum atomic E-state index is -0.519. The Labute approximate surface area is 148 Å². The highest BCUT2D eigenvalue weighted by atomic mass is 35.5. The van der Waals surface area contributed by atoms with Crippen molar-refractivity contribution in [3.05, 3.63) is 75.4 Å². The average Bonchev–Trinajstić information content (AvgIpc) is 3.12. The van der Waals surface area contributed by atoms with Gasteiger partial charge in [-0.25, -0.2) is 9.97 Å². The summed E-state index contributed by atoms with van der Waals surface area (Å²) in [7, 11) is 0. The van der Waals surface area contributed by atoms with E-state index in [0.717, 1.165) is 5.56 Å². The average molecular weight is 360 g/mol. The fourth-order valence-corrected chi connectivity index (χ4v) is 2.31. The molecule has 0 atom stereocenters. The van der Waals surface area contributed by atoms with Crippen LogP contribution in [0.2, 0.25) is 5.02 Å². The Morgan fingerprint density at radius 1 is 1.08 bits per heavy atom. The topological polar surface area (TPSA) is 106 Å². The van der Waals surface area contributed by atoms with Crippen molar-refractivity contribution in [2.45, 2.75) is 13.1 Å². The molecule has 0 aliphatic rings. The molecule has 25 heavy (non-hydrogen) atoms. The molecule has 0 saturated carbocycles. The highest BCUT2D eigenvalue weighted by Crippen LogP contribution is 2.29. The molecule has 0 spiro atoms. The van der Waals surface area contributed by atoms with Crippen molar-refractivity contribution in [2.24, 2.45) is 0 Å². The quantitative estimate of drug-likeness (QED) is 0.487. The maximum Gasteiger partial charge on any atom is 0.353 e. The van der Waals surface area contributed by atoms with Crippen molar-refractivity contribution in [3.63, 3.8) is 0 Å². The van der Waals surface area contributed by atoms with Crippen molar-refractivity contribution in [2.75, 3.05) is 10.6 Å². The maximum atomic E-state index is 11.5. The molecule has 2 N–H and O–H groups in total. The second kappa shape index (κ2) is 7.63. The first-order chi connectivity index (χ1) is 12.1. The zero-order valence-corrected chi connectivity index (χ0v) is 13.7. The van der Waals surface area contributed by atoms with Crippen molar-refractivity contribution >= 4 is 28.9 Å². The number of hydrogen-bond acceptors (Lipinski definition) is 7. The van der Waals surface area contributed by atoms with Gasteiger partial charge in [0.15, 0.2) is 0 Å². The smallest absolute Gasteiger partial charge is 0.353 e. The third-order valence-corrected chi connectivity index (χ3v) is 3.64. The number of furan rings is 1. The van der Waals surface area contributed by atoms with E-state index in [1.54, 1.807) is 24.3 Å². The Kier molecular flexibility index (Phi) is 5.10. The predicted molar refractivity (Wildman–Crippen MR) is 93.5 cm³/mol. The summed E-state index contributed by atoms with van der Waals surface area (Å²) in [6.07, 6.45) is 2.80. The molecule has 0 fully saturated rings. The summed E-state index contributed by atoms with van der Waals surface area (Å²) in [6.45, 7) is 0.647. The summed E-state index contributed by atoms with van der Waals surface area (Å²) in [6, 6.07) is 10.7. The molecule has 2 heterocycles. The molecule has 3 aromatic rings. The number of halogens is 1. The second-order valence-electron chi connectivity index (χ2n) is 5.09. The summed E-state index contributed by atoms with van der Waals surface area (Å²) in [4.78, 5) is 18.9. The molecule has 3 rings (SSSR count). The molecule has 2 aromatic heterocycles. The first kappa shape index (κ1) is 16.7. The normalized spacial score (nSPS) is 10.4. The Morgan fingerprint density at radius 3 is 2.36 bits per heavy atom. The minimum Gasteiger partial charge on any atom is -0.467 e. The molecule has 9 heteroatoms. The van der Waals surface area contributed by atoms with Crippen LogP contribution in [0.4, 0.5) is 17.3 Å². The Bertz CT molecular complexity index is 853. The molecular formula is C16H14ClN5O3.